The molecular formula is C18H28BrIN4O. The number of rotatable bonds is 4. The molecular weight excluding hydrogens is 495 g/mol. The smallest absolute Gasteiger partial charge is 0.226 e. The maximum absolute atomic E-state index is 12.2. The minimum absolute atomic E-state index is 0. The Bertz CT molecular complexity index is 609. The van der Waals surface area contributed by atoms with Crippen LogP contribution in [0.4, 0.5) is 5.69 Å². The van der Waals surface area contributed by atoms with E-state index < -0.39 is 0 Å². The molecule has 140 valence electrons. The molecule has 0 aliphatic carbocycles. The molecule has 2 rings (SSSR count). The number of aliphatic imine (C=N–C) groups is 1. The van der Waals surface area contributed by atoms with Gasteiger partial charge < -0.3 is 15.5 Å². The third-order valence-corrected chi connectivity index (χ3v) is 4.77. The number of carbonyl (C=O) groups is 1. The first kappa shape index (κ1) is 22.2. The van der Waals surface area contributed by atoms with E-state index in [1.165, 1.54) is 12.8 Å². The number of amides is 1. The number of nitrogens with zero attached hydrogens (tertiary/aromatic N) is 2. The van der Waals surface area contributed by atoms with Gasteiger partial charge in [-0.25, -0.2) is 0 Å². The van der Waals surface area contributed by atoms with Gasteiger partial charge in [0, 0.05) is 43.3 Å². The van der Waals surface area contributed by atoms with Crippen molar-refractivity contribution in [2.45, 2.75) is 33.1 Å². The van der Waals surface area contributed by atoms with E-state index in [9.17, 15) is 4.79 Å². The third-order valence-electron chi connectivity index (χ3n) is 4.28. The van der Waals surface area contributed by atoms with Gasteiger partial charge in [-0.15, -0.1) is 24.0 Å². The Hall–Kier alpha value is -0.830. The average molecular weight is 523 g/mol. The van der Waals surface area contributed by atoms with E-state index in [1.807, 2.05) is 25.1 Å². The third kappa shape index (κ3) is 7.13. The van der Waals surface area contributed by atoms with Gasteiger partial charge in [0.1, 0.15) is 0 Å². The quantitative estimate of drug-likeness (QED) is 0.357. The molecule has 1 heterocycles. The molecule has 1 fully saturated rings. The van der Waals surface area contributed by atoms with Crippen LogP contribution in [-0.2, 0) is 4.79 Å². The van der Waals surface area contributed by atoms with Crippen molar-refractivity contribution in [3.63, 3.8) is 0 Å². The average Bonchev–Trinajstić information content (AvgIpc) is 2.55. The van der Waals surface area contributed by atoms with E-state index in [4.69, 9.17) is 0 Å². The zero-order chi connectivity index (χ0) is 17.5. The van der Waals surface area contributed by atoms with Crippen LogP contribution in [0.3, 0.4) is 0 Å². The summed E-state index contributed by atoms with van der Waals surface area (Å²) in [6.45, 7) is 6.90. The van der Waals surface area contributed by atoms with E-state index in [-0.39, 0.29) is 29.9 Å². The molecule has 1 saturated heterocycles. The number of likely N-dealkylation sites (tertiary alicyclic amines) is 1. The van der Waals surface area contributed by atoms with Crippen molar-refractivity contribution in [3.05, 3.63) is 28.2 Å². The lowest BCUT2D eigenvalue weighted by Crippen LogP contribution is -2.46. The summed E-state index contributed by atoms with van der Waals surface area (Å²) in [5, 5.41) is 6.28. The van der Waals surface area contributed by atoms with Crippen LogP contribution in [0.15, 0.2) is 27.7 Å². The van der Waals surface area contributed by atoms with Gasteiger partial charge in [-0.1, -0.05) is 28.9 Å². The molecule has 0 aromatic heterocycles. The maximum Gasteiger partial charge on any atom is 0.226 e. The van der Waals surface area contributed by atoms with Gasteiger partial charge in [0.05, 0.1) is 0 Å². The monoisotopic (exact) mass is 522 g/mol. The SMILES string of the molecule is CN=C(NCCC(=O)Nc1cc(Br)ccc1C)N1CCCC(C)C1.I. The van der Waals surface area contributed by atoms with E-state index in [0.717, 1.165) is 34.8 Å². The molecule has 2 N–H and O–H groups in total. The second kappa shape index (κ2) is 11.0. The predicted octanol–water partition coefficient (Wildman–Crippen LogP) is 4.01. The standard InChI is InChI=1S/C18H27BrN4O.HI/c1-13-5-4-10-23(12-13)18(20-3)21-9-8-17(24)22-16-11-15(19)7-6-14(16)2;/h6-7,11,13H,4-5,8-10,12H2,1-3H3,(H,20,21)(H,22,24);1H. The number of benzene rings is 1. The summed E-state index contributed by atoms with van der Waals surface area (Å²) < 4.78 is 0.959. The largest absolute Gasteiger partial charge is 0.356 e. The summed E-state index contributed by atoms with van der Waals surface area (Å²) >= 11 is 3.43. The summed E-state index contributed by atoms with van der Waals surface area (Å²) in [7, 11) is 1.80. The second-order valence-corrected chi connectivity index (χ2v) is 7.34. The Morgan fingerprint density at radius 1 is 1.44 bits per heavy atom. The normalized spacial score (nSPS) is 17.7. The molecule has 1 aliphatic heterocycles. The Morgan fingerprint density at radius 3 is 2.88 bits per heavy atom. The van der Waals surface area contributed by atoms with Gasteiger partial charge in [-0.05, 0) is 43.4 Å². The van der Waals surface area contributed by atoms with Crippen LogP contribution in [0.25, 0.3) is 0 Å². The van der Waals surface area contributed by atoms with Crippen LogP contribution in [0.1, 0.15) is 31.7 Å². The number of nitrogens with one attached hydrogen (secondary N) is 2. The van der Waals surface area contributed by atoms with Crippen LogP contribution in [0.2, 0.25) is 0 Å². The molecule has 5 nitrogen and oxygen atoms in total. The van der Waals surface area contributed by atoms with Crippen LogP contribution in [0, 0.1) is 12.8 Å². The fourth-order valence-corrected chi connectivity index (χ4v) is 3.30. The molecule has 1 aromatic rings. The van der Waals surface area contributed by atoms with Crippen molar-refractivity contribution >= 4 is 57.5 Å². The van der Waals surface area contributed by atoms with Crippen molar-refractivity contribution in [2.24, 2.45) is 10.9 Å². The first-order valence-electron chi connectivity index (χ1n) is 8.51. The van der Waals surface area contributed by atoms with Crippen molar-refractivity contribution < 1.29 is 4.79 Å². The van der Waals surface area contributed by atoms with E-state index in [1.54, 1.807) is 7.05 Å². The first-order valence-corrected chi connectivity index (χ1v) is 9.30. The fourth-order valence-electron chi connectivity index (χ4n) is 2.94. The van der Waals surface area contributed by atoms with Gasteiger partial charge in [0.2, 0.25) is 5.91 Å². The highest BCUT2D eigenvalue weighted by Gasteiger charge is 2.19. The molecule has 1 amide bonds. The van der Waals surface area contributed by atoms with Crippen LogP contribution in [-0.4, -0.2) is 43.4 Å². The molecule has 0 radical (unpaired) electrons. The van der Waals surface area contributed by atoms with Gasteiger partial charge in [-0.2, -0.15) is 0 Å². The van der Waals surface area contributed by atoms with Crippen LogP contribution >= 0.6 is 39.9 Å². The highest BCUT2D eigenvalue weighted by molar-refractivity contribution is 14.0. The van der Waals surface area contributed by atoms with Crippen molar-refractivity contribution in [1.82, 2.24) is 10.2 Å². The van der Waals surface area contributed by atoms with E-state index in [0.29, 0.717) is 18.9 Å². The number of carbonyl (C=O) groups excluding carboxylic acids is 1. The zero-order valence-electron chi connectivity index (χ0n) is 15.1. The number of halogens is 2. The van der Waals surface area contributed by atoms with Crippen molar-refractivity contribution in [2.75, 3.05) is 32.0 Å². The fraction of sp³-hybridized carbons (Fsp3) is 0.556. The van der Waals surface area contributed by atoms with Crippen molar-refractivity contribution in [1.29, 1.82) is 0 Å². The van der Waals surface area contributed by atoms with Gasteiger partial charge in [-0.3, -0.25) is 9.79 Å². The molecule has 1 atom stereocenters. The molecule has 0 bridgehead atoms. The molecule has 1 aromatic carbocycles. The maximum atomic E-state index is 12.2. The highest BCUT2D eigenvalue weighted by Crippen LogP contribution is 2.20. The lowest BCUT2D eigenvalue weighted by atomic mass is 10.0. The minimum atomic E-state index is 0. The van der Waals surface area contributed by atoms with Gasteiger partial charge >= 0.3 is 0 Å². The predicted molar refractivity (Wildman–Crippen MR) is 119 cm³/mol. The first-order chi connectivity index (χ1) is 11.5. The topological polar surface area (TPSA) is 56.7 Å². The zero-order valence-corrected chi connectivity index (χ0v) is 19.1. The summed E-state index contributed by atoms with van der Waals surface area (Å²) in [6, 6.07) is 5.88. The van der Waals surface area contributed by atoms with Crippen LogP contribution < -0.4 is 10.6 Å². The highest BCUT2D eigenvalue weighted by atomic mass is 127. The Kier molecular flexibility index (Phi) is 9.78. The van der Waals surface area contributed by atoms with Gasteiger partial charge in [0.25, 0.3) is 0 Å². The van der Waals surface area contributed by atoms with E-state index >= 15 is 0 Å². The van der Waals surface area contributed by atoms with Gasteiger partial charge in [0.15, 0.2) is 5.96 Å². The van der Waals surface area contributed by atoms with Crippen LogP contribution in [0.5, 0.6) is 0 Å². The Labute approximate surface area is 176 Å². The Morgan fingerprint density at radius 2 is 2.20 bits per heavy atom. The number of hydrogen-bond donors (Lipinski definition) is 2. The molecule has 0 spiro atoms. The number of piperidine rings is 1. The van der Waals surface area contributed by atoms with E-state index in [2.05, 4.69) is 43.4 Å². The number of hydrogen-bond acceptors (Lipinski definition) is 2. The number of aryl methyl sites for hydroxylation is 1. The molecule has 1 unspecified atom stereocenters. The van der Waals surface area contributed by atoms with Crippen molar-refractivity contribution in [3.8, 4) is 0 Å². The lowest BCUT2D eigenvalue weighted by molar-refractivity contribution is -0.116. The number of guanidine groups is 1. The lowest BCUT2D eigenvalue weighted by Gasteiger charge is -2.33. The second-order valence-electron chi connectivity index (χ2n) is 6.42. The minimum Gasteiger partial charge on any atom is -0.356 e. The summed E-state index contributed by atoms with van der Waals surface area (Å²) in [6.07, 6.45) is 2.89. The molecule has 25 heavy (non-hydrogen) atoms. The molecule has 7 heteroatoms. The summed E-state index contributed by atoms with van der Waals surface area (Å²) in [4.78, 5) is 18.8. The molecule has 1 aliphatic rings. The summed E-state index contributed by atoms with van der Waals surface area (Å²) in [5.41, 5.74) is 1.90. The Balaban J connectivity index is 0.00000312. The summed E-state index contributed by atoms with van der Waals surface area (Å²) in [5.74, 6) is 1.60. The number of anilines is 1. The molecule has 0 saturated carbocycles.